The van der Waals surface area contributed by atoms with Crippen molar-refractivity contribution in [1.29, 1.82) is 0 Å². The molecular weight excluding hydrogens is 310 g/mol. The molecule has 0 fully saturated rings. The number of likely N-dealkylation sites (N-methyl/N-ethyl adjacent to an activating group) is 1. The first-order valence-corrected chi connectivity index (χ1v) is 6.72. The van der Waals surface area contributed by atoms with Crippen LogP contribution >= 0.6 is 15.9 Å². The van der Waals surface area contributed by atoms with Crippen LogP contribution < -0.4 is 10.6 Å². The molecule has 0 aliphatic carbocycles. The Hall–Kier alpha value is -1.73. The van der Waals surface area contributed by atoms with Crippen LogP contribution in [0.3, 0.4) is 0 Å². The number of carbonyl (C=O) groups excluding carboxylic acids is 1. The maximum absolute atomic E-state index is 11.9. The van der Waals surface area contributed by atoms with E-state index in [-0.39, 0.29) is 11.9 Å². The molecule has 1 aromatic carbocycles. The number of amides is 1. The second-order valence-corrected chi connectivity index (χ2v) is 5.07. The number of aromatic nitrogens is 3. The van der Waals surface area contributed by atoms with Crippen LogP contribution in [-0.4, -0.2) is 27.2 Å². The van der Waals surface area contributed by atoms with Crippen molar-refractivity contribution in [1.82, 2.24) is 20.1 Å². The summed E-state index contributed by atoms with van der Waals surface area (Å²) >= 11 is 3.51. The van der Waals surface area contributed by atoms with Gasteiger partial charge < -0.3 is 10.6 Å². The topological polar surface area (TPSA) is 71.8 Å². The molecule has 0 saturated heterocycles. The number of hydrogen-bond donors (Lipinski definition) is 2. The highest BCUT2D eigenvalue weighted by molar-refractivity contribution is 9.10. The number of hydrogen-bond acceptors (Lipinski definition) is 4. The van der Waals surface area contributed by atoms with E-state index in [1.54, 1.807) is 11.0 Å². The van der Waals surface area contributed by atoms with Crippen molar-refractivity contribution in [2.45, 2.75) is 13.0 Å². The van der Waals surface area contributed by atoms with Gasteiger partial charge in [-0.25, -0.2) is 9.67 Å². The molecule has 0 saturated carbocycles. The van der Waals surface area contributed by atoms with E-state index >= 15 is 0 Å². The summed E-state index contributed by atoms with van der Waals surface area (Å²) < 4.78 is 2.52. The molecule has 7 heteroatoms. The fraction of sp³-hybridized carbons (Fsp3) is 0.250. The number of halogens is 1. The van der Waals surface area contributed by atoms with Crippen LogP contribution in [0.2, 0.25) is 0 Å². The van der Waals surface area contributed by atoms with E-state index < -0.39 is 0 Å². The highest BCUT2D eigenvalue weighted by Gasteiger charge is 2.30. The number of nitrogens with zero attached hydrogens (tertiary/aromatic N) is 3. The standard InChI is InChI=1S/C12H12BrN5O/c1-2-15-11-7-3-8(13)10(18-6-14-5-16-18)4-9(7)17-12(11)19/h3-6,11,15H,2H2,1H3,(H,17,19). The summed E-state index contributed by atoms with van der Waals surface area (Å²) in [6.45, 7) is 2.71. The minimum absolute atomic E-state index is 0.0282. The Labute approximate surface area is 118 Å². The lowest BCUT2D eigenvalue weighted by Crippen LogP contribution is -2.27. The minimum Gasteiger partial charge on any atom is -0.324 e. The first kappa shape index (κ1) is 12.3. The highest BCUT2D eigenvalue weighted by atomic mass is 79.9. The molecular formula is C12H12BrN5O. The van der Waals surface area contributed by atoms with Gasteiger partial charge in [-0.2, -0.15) is 5.10 Å². The number of benzene rings is 1. The first-order chi connectivity index (χ1) is 9.20. The van der Waals surface area contributed by atoms with Crippen molar-refractivity contribution >= 4 is 27.5 Å². The Morgan fingerprint density at radius 1 is 1.53 bits per heavy atom. The van der Waals surface area contributed by atoms with E-state index in [2.05, 4.69) is 36.6 Å². The van der Waals surface area contributed by atoms with E-state index in [0.717, 1.165) is 28.0 Å². The van der Waals surface area contributed by atoms with Crippen LogP contribution in [0, 0.1) is 0 Å². The van der Waals surface area contributed by atoms with Crippen LogP contribution in [0.5, 0.6) is 0 Å². The van der Waals surface area contributed by atoms with Gasteiger partial charge >= 0.3 is 0 Å². The lowest BCUT2D eigenvalue weighted by molar-refractivity contribution is -0.117. The maximum atomic E-state index is 11.9. The molecule has 1 aliphatic rings. The zero-order chi connectivity index (χ0) is 13.4. The summed E-state index contributed by atoms with van der Waals surface area (Å²) in [5.74, 6) is -0.0282. The minimum atomic E-state index is -0.291. The van der Waals surface area contributed by atoms with Gasteiger partial charge in [0.2, 0.25) is 5.91 Å². The second-order valence-electron chi connectivity index (χ2n) is 4.21. The number of fused-ring (bicyclic) bond motifs is 1. The van der Waals surface area contributed by atoms with Crippen molar-refractivity contribution in [2.24, 2.45) is 0 Å². The molecule has 1 aromatic heterocycles. The van der Waals surface area contributed by atoms with Gasteiger partial charge in [0.25, 0.3) is 0 Å². The van der Waals surface area contributed by atoms with E-state index in [1.165, 1.54) is 6.33 Å². The van der Waals surface area contributed by atoms with Gasteiger partial charge in [-0.05, 0) is 34.6 Å². The molecule has 2 aromatic rings. The number of nitrogens with one attached hydrogen (secondary N) is 2. The summed E-state index contributed by atoms with van der Waals surface area (Å²) in [6.07, 6.45) is 3.09. The van der Waals surface area contributed by atoms with Crippen molar-refractivity contribution in [3.05, 3.63) is 34.8 Å². The maximum Gasteiger partial charge on any atom is 0.246 e. The molecule has 2 heterocycles. The van der Waals surface area contributed by atoms with Gasteiger partial charge in [0, 0.05) is 15.7 Å². The molecule has 3 rings (SSSR count). The van der Waals surface area contributed by atoms with Crippen LogP contribution in [0.1, 0.15) is 18.5 Å². The Kier molecular flexibility index (Phi) is 3.08. The second kappa shape index (κ2) is 4.75. The number of anilines is 1. The molecule has 1 atom stereocenters. The molecule has 98 valence electrons. The Balaban J connectivity index is 2.07. The normalized spacial score (nSPS) is 17.4. The van der Waals surface area contributed by atoms with E-state index in [9.17, 15) is 4.79 Å². The van der Waals surface area contributed by atoms with E-state index in [1.807, 2.05) is 19.1 Å². The lowest BCUT2D eigenvalue weighted by Gasteiger charge is -2.11. The third-order valence-corrected chi connectivity index (χ3v) is 3.66. The third-order valence-electron chi connectivity index (χ3n) is 3.02. The number of rotatable bonds is 3. The van der Waals surface area contributed by atoms with Crippen molar-refractivity contribution in [3.63, 3.8) is 0 Å². The summed E-state index contributed by atoms with van der Waals surface area (Å²) in [7, 11) is 0. The molecule has 2 N–H and O–H groups in total. The molecule has 1 aliphatic heterocycles. The predicted octanol–water partition coefficient (Wildman–Crippen LogP) is 1.63. The molecule has 0 radical (unpaired) electrons. The van der Waals surface area contributed by atoms with Gasteiger partial charge in [-0.15, -0.1) is 0 Å². The molecule has 19 heavy (non-hydrogen) atoms. The van der Waals surface area contributed by atoms with E-state index in [0.29, 0.717) is 0 Å². The van der Waals surface area contributed by atoms with Gasteiger partial charge in [0.1, 0.15) is 18.7 Å². The zero-order valence-corrected chi connectivity index (χ0v) is 11.8. The average Bonchev–Trinajstić information content (AvgIpc) is 2.99. The summed E-state index contributed by atoms with van der Waals surface area (Å²) in [6, 6.07) is 3.54. The number of carbonyl (C=O) groups is 1. The predicted molar refractivity (Wildman–Crippen MR) is 74.1 cm³/mol. The quantitative estimate of drug-likeness (QED) is 0.901. The Bertz CT molecular complexity index is 625. The van der Waals surface area contributed by atoms with E-state index in [4.69, 9.17) is 0 Å². The van der Waals surface area contributed by atoms with Gasteiger partial charge in [0.05, 0.1) is 5.69 Å². The van der Waals surface area contributed by atoms with Gasteiger partial charge in [0.15, 0.2) is 0 Å². The smallest absolute Gasteiger partial charge is 0.246 e. The Morgan fingerprint density at radius 2 is 2.37 bits per heavy atom. The first-order valence-electron chi connectivity index (χ1n) is 5.93. The average molecular weight is 322 g/mol. The monoisotopic (exact) mass is 321 g/mol. The molecule has 0 spiro atoms. The summed E-state index contributed by atoms with van der Waals surface area (Å²) in [4.78, 5) is 15.8. The van der Waals surface area contributed by atoms with Crippen molar-refractivity contribution in [3.8, 4) is 5.69 Å². The molecule has 0 bridgehead atoms. The third kappa shape index (κ3) is 2.04. The van der Waals surface area contributed by atoms with Crippen molar-refractivity contribution < 1.29 is 4.79 Å². The molecule has 1 amide bonds. The molecule has 6 nitrogen and oxygen atoms in total. The Morgan fingerprint density at radius 3 is 3.05 bits per heavy atom. The van der Waals surface area contributed by atoms with Gasteiger partial charge in [-0.1, -0.05) is 6.92 Å². The molecule has 1 unspecified atom stereocenters. The fourth-order valence-electron chi connectivity index (χ4n) is 2.19. The zero-order valence-electron chi connectivity index (χ0n) is 10.2. The highest BCUT2D eigenvalue weighted by Crippen LogP contribution is 2.36. The largest absolute Gasteiger partial charge is 0.324 e. The lowest BCUT2D eigenvalue weighted by atomic mass is 10.1. The van der Waals surface area contributed by atoms with Crippen LogP contribution in [-0.2, 0) is 4.79 Å². The van der Waals surface area contributed by atoms with Gasteiger partial charge in [-0.3, -0.25) is 4.79 Å². The van der Waals surface area contributed by atoms with Crippen LogP contribution in [0.25, 0.3) is 5.69 Å². The van der Waals surface area contributed by atoms with Crippen molar-refractivity contribution in [2.75, 3.05) is 11.9 Å². The fourth-order valence-corrected chi connectivity index (χ4v) is 2.73. The summed E-state index contributed by atoms with van der Waals surface area (Å²) in [5, 5.41) is 10.1. The summed E-state index contributed by atoms with van der Waals surface area (Å²) in [5.41, 5.74) is 2.60. The SMILES string of the molecule is CCNC1C(=O)Nc2cc(-n3cncn3)c(Br)cc21. The van der Waals surface area contributed by atoms with Crippen LogP contribution in [0.4, 0.5) is 5.69 Å². The van der Waals surface area contributed by atoms with Crippen LogP contribution in [0.15, 0.2) is 29.3 Å².